The van der Waals surface area contributed by atoms with Gasteiger partial charge in [-0.15, -0.1) is 0 Å². The van der Waals surface area contributed by atoms with E-state index in [1.54, 1.807) is 26.0 Å². The molecule has 1 rings (SSSR count). The Bertz CT molecular complexity index is 385. The van der Waals surface area contributed by atoms with Gasteiger partial charge in [-0.2, -0.15) is 0 Å². The number of halogens is 1. The predicted octanol–water partition coefficient (Wildman–Crippen LogP) is 2.50. The zero-order valence-corrected chi connectivity index (χ0v) is 9.63. The molecule has 0 radical (unpaired) electrons. The summed E-state index contributed by atoms with van der Waals surface area (Å²) in [4.78, 5) is 11.5. The van der Waals surface area contributed by atoms with Crippen LogP contribution in [0.3, 0.4) is 0 Å². The fourth-order valence-electron chi connectivity index (χ4n) is 1.37. The summed E-state index contributed by atoms with van der Waals surface area (Å²) in [6.45, 7) is 3.34. The summed E-state index contributed by atoms with van der Waals surface area (Å²) in [5, 5.41) is 10.1. The number of benzene rings is 1. The lowest BCUT2D eigenvalue weighted by atomic mass is 9.84. The van der Waals surface area contributed by atoms with Crippen LogP contribution < -0.4 is 0 Å². The Balaban J connectivity index is 3.25. The fourth-order valence-corrected chi connectivity index (χ4v) is 1.55. The van der Waals surface area contributed by atoms with Gasteiger partial charge in [-0.3, -0.25) is 4.79 Å². The standard InChI is InChI=1S/C11H13ClO3/c1-11(2,10(14)15-3)8-6-7(12)4-5-9(8)13/h4-6,13H,1-3H3. The maximum absolute atomic E-state index is 11.5. The van der Waals surface area contributed by atoms with Crippen LogP contribution in [0.1, 0.15) is 19.4 Å². The van der Waals surface area contributed by atoms with Crippen molar-refractivity contribution >= 4 is 17.6 Å². The zero-order valence-electron chi connectivity index (χ0n) is 8.87. The van der Waals surface area contributed by atoms with Gasteiger partial charge < -0.3 is 9.84 Å². The van der Waals surface area contributed by atoms with Gasteiger partial charge in [0, 0.05) is 10.6 Å². The molecule has 0 fully saturated rings. The quantitative estimate of drug-likeness (QED) is 0.792. The molecule has 0 aliphatic heterocycles. The average Bonchev–Trinajstić information content (AvgIpc) is 2.20. The molecule has 1 aromatic carbocycles. The minimum Gasteiger partial charge on any atom is -0.508 e. The van der Waals surface area contributed by atoms with Gasteiger partial charge in [-0.05, 0) is 32.0 Å². The summed E-state index contributed by atoms with van der Waals surface area (Å²) in [7, 11) is 1.31. The molecule has 0 aliphatic carbocycles. The number of phenols is 1. The van der Waals surface area contributed by atoms with E-state index in [4.69, 9.17) is 11.6 Å². The molecule has 0 unspecified atom stereocenters. The topological polar surface area (TPSA) is 46.5 Å². The highest BCUT2D eigenvalue weighted by Gasteiger charge is 2.33. The first-order valence-electron chi connectivity index (χ1n) is 4.47. The number of esters is 1. The van der Waals surface area contributed by atoms with Crippen molar-refractivity contribution in [2.24, 2.45) is 0 Å². The molecule has 1 aromatic rings. The predicted molar refractivity (Wildman–Crippen MR) is 58.2 cm³/mol. The highest BCUT2D eigenvalue weighted by Crippen LogP contribution is 2.33. The molecule has 1 N–H and O–H groups in total. The van der Waals surface area contributed by atoms with Gasteiger partial charge in [0.25, 0.3) is 0 Å². The summed E-state index contributed by atoms with van der Waals surface area (Å²) in [5.41, 5.74) is -0.453. The second kappa shape index (κ2) is 4.11. The average molecular weight is 229 g/mol. The lowest BCUT2D eigenvalue weighted by Gasteiger charge is -2.23. The molecule has 4 heteroatoms. The molecule has 3 nitrogen and oxygen atoms in total. The maximum atomic E-state index is 11.5. The van der Waals surface area contributed by atoms with Gasteiger partial charge in [0.15, 0.2) is 0 Å². The second-order valence-corrected chi connectivity index (χ2v) is 4.21. The minimum absolute atomic E-state index is 0.0369. The summed E-state index contributed by atoms with van der Waals surface area (Å²) in [5.74, 6) is -0.380. The van der Waals surface area contributed by atoms with E-state index in [1.807, 2.05) is 0 Å². The van der Waals surface area contributed by atoms with Crippen LogP contribution in [-0.4, -0.2) is 18.2 Å². The number of hydrogen-bond acceptors (Lipinski definition) is 3. The smallest absolute Gasteiger partial charge is 0.315 e. The first-order chi connectivity index (χ1) is 6.89. The van der Waals surface area contributed by atoms with Crippen molar-refractivity contribution in [1.82, 2.24) is 0 Å². The molecule has 0 atom stereocenters. The Morgan fingerprint density at radius 1 is 1.47 bits per heavy atom. The van der Waals surface area contributed by atoms with Crippen LogP contribution in [0.4, 0.5) is 0 Å². The van der Waals surface area contributed by atoms with E-state index in [9.17, 15) is 9.90 Å². The van der Waals surface area contributed by atoms with Crippen LogP contribution in [-0.2, 0) is 14.9 Å². The fraction of sp³-hybridized carbons (Fsp3) is 0.364. The summed E-state index contributed by atoms with van der Waals surface area (Å²) < 4.78 is 4.67. The Morgan fingerprint density at radius 3 is 2.60 bits per heavy atom. The van der Waals surface area contributed by atoms with E-state index in [2.05, 4.69) is 4.74 Å². The molecule has 0 amide bonds. The van der Waals surface area contributed by atoms with E-state index in [0.29, 0.717) is 10.6 Å². The highest BCUT2D eigenvalue weighted by molar-refractivity contribution is 6.30. The van der Waals surface area contributed by atoms with Gasteiger partial charge >= 0.3 is 5.97 Å². The molecule has 0 aliphatic rings. The van der Waals surface area contributed by atoms with Crippen LogP contribution >= 0.6 is 11.6 Å². The molecule has 0 spiro atoms. The van der Waals surface area contributed by atoms with Crippen LogP contribution in [0.15, 0.2) is 18.2 Å². The van der Waals surface area contributed by atoms with E-state index in [0.717, 1.165) is 0 Å². The molecular formula is C11H13ClO3. The third kappa shape index (κ3) is 2.23. The van der Waals surface area contributed by atoms with Gasteiger partial charge in [0.2, 0.25) is 0 Å². The lowest BCUT2D eigenvalue weighted by Crippen LogP contribution is -2.30. The molecule has 0 aromatic heterocycles. The van der Waals surface area contributed by atoms with E-state index >= 15 is 0 Å². The van der Waals surface area contributed by atoms with E-state index in [-0.39, 0.29) is 5.75 Å². The number of phenolic OH excluding ortho intramolecular Hbond substituents is 1. The second-order valence-electron chi connectivity index (χ2n) is 3.78. The number of aromatic hydroxyl groups is 1. The molecule has 15 heavy (non-hydrogen) atoms. The van der Waals surface area contributed by atoms with Crippen LogP contribution in [0.25, 0.3) is 0 Å². The van der Waals surface area contributed by atoms with Crippen molar-refractivity contribution in [3.63, 3.8) is 0 Å². The largest absolute Gasteiger partial charge is 0.508 e. The van der Waals surface area contributed by atoms with E-state index < -0.39 is 11.4 Å². The van der Waals surface area contributed by atoms with E-state index in [1.165, 1.54) is 13.2 Å². The van der Waals surface area contributed by atoms with Gasteiger partial charge in [0.1, 0.15) is 5.75 Å². The van der Waals surface area contributed by atoms with Crippen LogP contribution in [0, 0.1) is 0 Å². The number of carbonyl (C=O) groups is 1. The normalized spacial score (nSPS) is 11.2. The molecule has 0 heterocycles. The zero-order chi connectivity index (χ0) is 11.6. The van der Waals surface area contributed by atoms with Gasteiger partial charge in [-0.1, -0.05) is 11.6 Å². The molecule has 0 saturated heterocycles. The Hall–Kier alpha value is -1.22. The summed E-state index contributed by atoms with van der Waals surface area (Å²) in [6, 6.07) is 4.59. The number of hydrogen-bond donors (Lipinski definition) is 1. The number of methoxy groups -OCH3 is 1. The van der Waals surface area contributed by atoms with Crippen LogP contribution in [0.5, 0.6) is 5.75 Å². The molecule has 82 valence electrons. The van der Waals surface area contributed by atoms with Gasteiger partial charge in [0.05, 0.1) is 12.5 Å². The van der Waals surface area contributed by atoms with Gasteiger partial charge in [-0.25, -0.2) is 0 Å². The number of rotatable bonds is 2. The molecule has 0 bridgehead atoms. The first kappa shape index (κ1) is 11.9. The molecule has 0 saturated carbocycles. The summed E-state index contributed by atoms with van der Waals surface area (Å²) >= 11 is 5.81. The van der Waals surface area contributed by atoms with Crippen molar-refractivity contribution in [2.75, 3.05) is 7.11 Å². The third-order valence-corrected chi connectivity index (χ3v) is 2.56. The highest BCUT2D eigenvalue weighted by atomic mass is 35.5. The third-order valence-electron chi connectivity index (χ3n) is 2.33. The van der Waals surface area contributed by atoms with Crippen molar-refractivity contribution in [3.05, 3.63) is 28.8 Å². The Labute approximate surface area is 93.6 Å². The van der Waals surface area contributed by atoms with Crippen molar-refractivity contribution in [3.8, 4) is 5.75 Å². The molecular weight excluding hydrogens is 216 g/mol. The number of carbonyl (C=O) groups excluding carboxylic acids is 1. The number of ether oxygens (including phenoxy) is 1. The Kier molecular flexibility index (Phi) is 3.25. The van der Waals surface area contributed by atoms with Crippen molar-refractivity contribution < 1.29 is 14.6 Å². The monoisotopic (exact) mass is 228 g/mol. The van der Waals surface area contributed by atoms with Crippen molar-refractivity contribution in [1.29, 1.82) is 0 Å². The summed E-state index contributed by atoms with van der Waals surface area (Å²) in [6.07, 6.45) is 0. The Morgan fingerprint density at radius 2 is 2.07 bits per heavy atom. The van der Waals surface area contributed by atoms with Crippen LogP contribution in [0.2, 0.25) is 5.02 Å². The SMILES string of the molecule is COC(=O)C(C)(C)c1cc(Cl)ccc1O. The minimum atomic E-state index is -0.913. The maximum Gasteiger partial charge on any atom is 0.315 e. The van der Waals surface area contributed by atoms with Crippen molar-refractivity contribution in [2.45, 2.75) is 19.3 Å². The first-order valence-corrected chi connectivity index (χ1v) is 4.85. The lowest BCUT2D eigenvalue weighted by molar-refractivity contribution is -0.146.